The summed E-state index contributed by atoms with van der Waals surface area (Å²) in [5.41, 5.74) is 4.45. The van der Waals surface area contributed by atoms with Crippen molar-refractivity contribution >= 4 is 23.2 Å². The zero-order chi connectivity index (χ0) is 32.0. The van der Waals surface area contributed by atoms with Gasteiger partial charge in [0, 0.05) is 49.4 Å². The van der Waals surface area contributed by atoms with Gasteiger partial charge < -0.3 is 31.1 Å². The molecule has 0 radical (unpaired) electrons. The molecular weight excluding hydrogens is 564 g/mol. The summed E-state index contributed by atoms with van der Waals surface area (Å²) in [7, 11) is 9.03. The minimum absolute atomic E-state index is 0.0564. The number of hydrogen-bond donors (Lipinski definition) is 5. The van der Waals surface area contributed by atoms with E-state index in [4.69, 9.17) is 5.73 Å². The van der Waals surface area contributed by atoms with Crippen LogP contribution in [0.5, 0.6) is 5.75 Å². The number of carbonyl (C=O) groups excluding carboxylic acids is 3. The van der Waals surface area contributed by atoms with Gasteiger partial charge in [-0.05, 0) is 95.5 Å². The predicted molar refractivity (Wildman–Crippen MR) is 163 cm³/mol. The van der Waals surface area contributed by atoms with Crippen molar-refractivity contribution in [3.63, 3.8) is 0 Å². The summed E-state index contributed by atoms with van der Waals surface area (Å²) in [5.74, 6) is -6.38. The van der Waals surface area contributed by atoms with Gasteiger partial charge in [-0.3, -0.25) is 24.2 Å². The molecule has 1 spiro atoms. The number of phenolic OH excluding ortho intramolecular Hbond substituents is 1. The van der Waals surface area contributed by atoms with Gasteiger partial charge in [0.1, 0.15) is 22.8 Å². The number of likely N-dealkylation sites (N-methyl/N-ethyl adjacent to an activating group) is 1. The van der Waals surface area contributed by atoms with Gasteiger partial charge in [-0.1, -0.05) is 0 Å². The second-order valence-electron chi connectivity index (χ2n) is 14.3. The zero-order valence-corrected chi connectivity index (χ0v) is 26.2. The third kappa shape index (κ3) is 4.38. The minimum atomic E-state index is -2.65. The molecule has 0 bridgehead atoms. The number of aliphatic hydroxyl groups is 3. The Morgan fingerprint density at radius 2 is 1.66 bits per heavy atom. The first kappa shape index (κ1) is 30.6. The summed E-state index contributed by atoms with van der Waals surface area (Å²) in [5, 5.41) is 46.1. The van der Waals surface area contributed by atoms with E-state index in [0.29, 0.717) is 29.1 Å². The second-order valence-corrected chi connectivity index (χ2v) is 14.3. The molecule has 2 fully saturated rings. The molecule has 44 heavy (non-hydrogen) atoms. The number of aliphatic hydroxyl groups excluding tert-OH is 2. The minimum Gasteiger partial charge on any atom is -0.510 e. The highest BCUT2D eigenvalue weighted by atomic mass is 16.3. The van der Waals surface area contributed by atoms with Crippen LogP contribution in [-0.4, -0.2) is 101 Å². The van der Waals surface area contributed by atoms with Crippen LogP contribution in [0.25, 0.3) is 0 Å². The lowest BCUT2D eigenvalue weighted by Gasteiger charge is -2.50. The lowest BCUT2D eigenvalue weighted by Crippen LogP contribution is -2.63. The van der Waals surface area contributed by atoms with Crippen molar-refractivity contribution in [2.75, 3.05) is 40.1 Å². The lowest BCUT2D eigenvalue weighted by atomic mass is 9.58. The summed E-state index contributed by atoms with van der Waals surface area (Å²) in [6.07, 6.45) is 7.61. The molecule has 1 aromatic rings. The summed E-state index contributed by atoms with van der Waals surface area (Å²) in [6, 6.07) is 1.29. The predicted octanol–water partition coefficient (Wildman–Crippen LogP) is 2.34. The summed E-state index contributed by atoms with van der Waals surface area (Å²) < 4.78 is 0. The van der Waals surface area contributed by atoms with E-state index in [2.05, 4.69) is 4.90 Å². The number of allylic oxidation sites excluding steroid dienone is 1. The standard InChI is InChI=1S/C33H44N4O7/c1-35(2)21-14-17(15-37(5)18-6-8-32(9-7-18)10-11-32)26(38)23-19(21)12-16-13-20-25(36(3)4)28(40)24(31(34)43)30(42)33(20,44)29(41)22(16)27(23)39/h14,16,18,20,25,38,40-41,44H,6-13,15H2,1-5H3,(H2,34,43)/t16-,20-,25-,33-/m0/s1. The van der Waals surface area contributed by atoms with Crippen LogP contribution < -0.4 is 10.6 Å². The second kappa shape index (κ2) is 10.3. The molecule has 5 aliphatic rings. The van der Waals surface area contributed by atoms with Gasteiger partial charge in [0.25, 0.3) is 5.91 Å². The Morgan fingerprint density at radius 1 is 1.02 bits per heavy atom. The van der Waals surface area contributed by atoms with Crippen molar-refractivity contribution < 1.29 is 34.8 Å². The summed E-state index contributed by atoms with van der Waals surface area (Å²) in [6.45, 7) is 0.431. The maximum absolute atomic E-state index is 14.3. The van der Waals surface area contributed by atoms with Crippen LogP contribution in [0.1, 0.15) is 66.4 Å². The average molecular weight is 609 g/mol. The number of anilines is 1. The molecule has 1 amide bonds. The number of aromatic hydroxyl groups is 1. The van der Waals surface area contributed by atoms with Gasteiger partial charge in [0.2, 0.25) is 5.78 Å². The van der Waals surface area contributed by atoms with E-state index in [9.17, 15) is 34.8 Å². The number of fused-ring (bicyclic) bond motifs is 3. The van der Waals surface area contributed by atoms with E-state index in [1.165, 1.54) is 25.7 Å². The molecule has 1 aromatic carbocycles. The van der Waals surface area contributed by atoms with E-state index >= 15 is 0 Å². The Kier molecular flexibility index (Phi) is 7.18. The number of amides is 1. The largest absolute Gasteiger partial charge is 0.510 e. The third-order valence-electron chi connectivity index (χ3n) is 11.3. The van der Waals surface area contributed by atoms with Crippen LogP contribution in [0.15, 0.2) is 28.7 Å². The van der Waals surface area contributed by atoms with Gasteiger partial charge >= 0.3 is 0 Å². The van der Waals surface area contributed by atoms with E-state index in [1.807, 2.05) is 32.1 Å². The number of nitrogens with zero attached hydrogens (tertiary/aromatic N) is 3. The van der Waals surface area contributed by atoms with Crippen molar-refractivity contribution in [2.45, 2.75) is 75.6 Å². The topological polar surface area (TPSA) is 168 Å². The zero-order valence-electron chi connectivity index (χ0n) is 26.2. The van der Waals surface area contributed by atoms with Gasteiger partial charge in [0.05, 0.1) is 11.6 Å². The number of rotatable bonds is 6. The van der Waals surface area contributed by atoms with Crippen molar-refractivity contribution in [1.29, 1.82) is 0 Å². The number of carbonyl (C=O) groups is 3. The number of ketones is 2. The third-order valence-corrected chi connectivity index (χ3v) is 11.3. The molecule has 0 aliphatic heterocycles. The van der Waals surface area contributed by atoms with E-state index in [-0.39, 0.29) is 29.7 Å². The summed E-state index contributed by atoms with van der Waals surface area (Å²) in [4.78, 5) is 45.8. The van der Waals surface area contributed by atoms with Crippen LogP contribution in [0.2, 0.25) is 0 Å². The van der Waals surface area contributed by atoms with Gasteiger partial charge in [-0.25, -0.2) is 0 Å². The fourth-order valence-corrected chi connectivity index (χ4v) is 8.60. The van der Waals surface area contributed by atoms with Crippen LogP contribution >= 0.6 is 0 Å². The van der Waals surface area contributed by atoms with Crippen LogP contribution in [0.3, 0.4) is 0 Å². The smallest absolute Gasteiger partial charge is 0.255 e. The maximum atomic E-state index is 14.3. The SMILES string of the molecule is CN(C)c1cc(CN(C)C2CCC3(CC2)CC3)c(O)c2c1C[C@H]1C[C@H]3[C@H](N(C)C)C(O)=C(C(N)=O)C(=O)[C@@]3(O)C(O)=C1C2=O. The van der Waals surface area contributed by atoms with Gasteiger partial charge in [-0.15, -0.1) is 0 Å². The van der Waals surface area contributed by atoms with Crippen molar-refractivity contribution in [3.05, 3.63) is 45.4 Å². The highest BCUT2D eigenvalue weighted by Gasteiger charge is 2.63. The maximum Gasteiger partial charge on any atom is 0.255 e. The van der Waals surface area contributed by atoms with Gasteiger partial charge in [0.15, 0.2) is 11.4 Å². The number of primary amides is 1. The Labute approximate surface area is 257 Å². The highest BCUT2D eigenvalue weighted by Crippen LogP contribution is 2.57. The van der Waals surface area contributed by atoms with Crippen molar-refractivity contribution in [1.82, 2.24) is 9.80 Å². The molecule has 11 heteroatoms. The molecule has 4 atom stereocenters. The number of phenols is 1. The molecular formula is C33H44N4O7. The molecule has 2 saturated carbocycles. The first-order valence-electron chi connectivity index (χ1n) is 15.5. The monoisotopic (exact) mass is 608 g/mol. The quantitative estimate of drug-likeness (QED) is 0.302. The fourth-order valence-electron chi connectivity index (χ4n) is 8.60. The van der Waals surface area contributed by atoms with E-state index in [1.54, 1.807) is 19.0 Å². The van der Waals surface area contributed by atoms with Crippen LogP contribution in [0, 0.1) is 17.3 Å². The molecule has 11 nitrogen and oxygen atoms in total. The van der Waals surface area contributed by atoms with Gasteiger partial charge in [-0.2, -0.15) is 0 Å². The number of Topliss-reactive ketones (excluding diaryl/α,β-unsaturated/α-hetero) is 2. The van der Waals surface area contributed by atoms with Crippen molar-refractivity contribution in [2.24, 2.45) is 23.0 Å². The Hall–Kier alpha value is -3.41. The number of benzene rings is 1. The normalized spacial score (nSPS) is 29.7. The number of nitrogens with two attached hydrogens (primary N) is 1. The molecule has 0 saturated heterocycles. The molecule has 238 valence electrons. The Balaban J connectivity index is 1.42. The fraction of sp³-hybridized carbons (Fsp3) is 0.606. The Bertz CT molecular complexity index is 1510. The first-order chi connectivity index (χ1) is 20.6. The Morgan fingerprint density at radius 3 is 2.20 bits per heavy atom. The van der Waals surface area contributed by atoms with E-state index < -0.39 is 58.0 Å². The lowest BCUT2D eigenvalue weighted by molar-refractivity contribution is -0.148. The van der Waals surface area contributed by atoms with Crippen molar-refractivity contribution in [3.8, 4) is 5.75 Å². The molecule has 0 aromatic heterocycles. The molecule has 5 aliphatic carbocycles. The summed E-state index contributed by atoms with van der Waals surface area (Å²) >= 11 is 0. The number of hydrogen-bond acceptors (Lipinski definition) is 10. The van der Waals surface area contributed by atoms with Crippen LogP contribution in [-0.2, 0) is 22.6 Å². The highest BCUT2D eigenvalue weighted by molar-refractivity contribution is 6.25. The average Bonchev–Trinajstić information content (AvgIpc) is 3.70. The first-order valence-corrected chi connectivity index (χ1v) is 15.5. The molecule has 0 heterocycles. The van der Waals surface area contributed by atoms with E-state index in [0.717, 1.165) is 18.5 Å². The molecule has 6 rings (SSSR count). The van der Waals surface area contributed by atoms with Crippen LogP contribution in [0.4, 0.5) is 5.69 Å². The molecule has 0 unspecified atom stereocenters. The molecule has 6 N–H and O–H groups in total.